The van der Waals surface area contributed by atoms with Gasteiger partial charge in [-0.1, -0.05) is 22.9 Å². The van der Waals surface area contributed by atoms with Crippen molar-refractivity contribution in [3.8, 4) is 0 Å². The molecule has 0 bridgehead atoms. The number of nitrogens with zero attached hydrogens (tertiary/aromatic N) is 2. The van der Waals surface area contributed by atoms with Crippen molar-refractivity contribution in [1.82, 2.24) is 4.90 Å². The minimum Gasteiger partial charge on any atom is -0.465 e. The van der Waals surface area contributed by atoms with E-state index < -0.39 is 0 Å². The third-order valence-electron chi connectivity index (χ3n) is 3.49. The second kappa shape index (κ2) is 6.39. The number of piperazine rings is 1. The summed E-state index contributed by atoms with van der Waals surface area (Å²) in [4.78, 5) is 16.4. The number of likely N-dealkylation sites (N-methyl/N-ethyl adjacent to an activating group) is 1. The van der Waals surface area contributed by atoms with Crippen molar-refractivity contribution >= 4 is 27.6 Å². The van der Waals surface area contributed by atoms with Gasteiger partial charge in [0.05, 0.1) is 12.7 Å². The van der Waals surface area contributed by atoms with Crippen molar-refractivity contribution in [2.24, 2.45) is 0 Å². The van der Waals surface area contributed by atoms with E-state index in [2.05, 4.69) is 32.7 Å². The van der Waals surface area contributed by atoms with E-state index in [1.165, 1.54) is 7.11 Å². The monoisotopic (exact) mass is 326 g/mol. The fourth-order valence-corrected chi connectivity index (χ4v) is 2.80. The molecule has 1 heterocycles. The lowest BCUT2D eigenvalue weighted by atomic mass is 10.1. The van der Waals surface area contributed by atoms with Crippen LogP contribution in [0.1, 0.15) is 17.3 Å². The van der Waals surface area contributed by atoms with Crippen molar-refractivity contribution < 1.29 is 9.53 Å². The van der Waals surface area contributed by atoms with Crippen LogP contribution in [0.3, 0.4) is 0 Å². The van der Waals surface area contributed by atoms with Gasteiger partial charge in [-0.2, -0.15) is 0 Å². The van der Waals surface area contributed by atoms with Crippen LogP contribution in [0, 0.1) is 0 Å². The van der Waals surface area contributed by atoms with Crippen molar-refractivity contribution in [1.29, 1.82) is 0 Å². The Morgan fingerprint density at radius 2 is 1.95 bits per heavy atom. The molecule has 1 aromatic rings. The van der Waals surface area contributed by atoms with Crippen LogP contribution in [-0.4, -0.2) is 50.7 Å². The molecule has 0 amide bonds. The van der Waals surface area contributed by atoms with Gasteiger partial charge in [0.1, 0.15) is 0 Å². The SMILES string of the molecule is CCN1CCN(c2cc(Br)cc(C(=O)OC)c2)CC1. The molecule has 5 heteroatoms. The smallest absolute Gasteiger partial charge is 0.337 e. The number of hydrogen-bond donors (Lipinski definition) is 0. The number of carbonyl (C=O) groups excluding carboxylic acids is 1. The Morgan fingerprint density at radius 1 is 1.26 bits per heavy atom. The molecule has 2 rings (SSSR count). The molecule has 0 aromatic heterocycles. The Morgan fingerprint density at radius 3 is 2.53 bits per heavy atom. The van der Waals surface area contributed by atoms with Crippen LogP contribution in [0.15, 0.2) is 22.7 Å². The van der Waals surface area contributed by atoms with Gasteiger partial charge in [0, 0.05) is 36.3 Å². The number of halogens is 1. The number of benzene rings is 1. The van der Waals surface area contributed by atoms with E-state index in [1.807, 2.05) is 12.1 Å². The van der Waals surface area contributed by atoms with Crippen LogP contribution < -0.4 is 4.90 Å². The highest BCUT2D eigenvalue weighted by Gasteiger charge is 2.17. The number of carbonyl (C=O) groups is 1. The molecular weight excluding hydrogens is 308 g/mol. The lowest BCUT2D eigenvalue weighted by Crippen LogP contribution is -2.46. The average molecular weight is 327 g/mol. The van der Waals surface area contributed by atoms with E-state index in [0.717, 1.165) is 42.9 Å². The van der Waals surface area contributed by atoms with Crippen LogP contribution in [0.2, 0.25) is 0 Å². The number of rotatable bonds is 3. The number of anilines is 1. The summed E-state index contributed by atoms with van der Waals surface area (Å²) in [6.45, 7) is 7.40. The van der Waals surface area contributed by atoms with E-state index >= 15 is 0 Å². The zero-order valence-electron chi connectivity index (χ0n) is 11.4. The molecule has 1 saturated heterocycles. The second-order valence-corrected chi connectivity index (χ2v) is 5.53. The molecular formula is C14H19BrN2O2. The Labute approximate surface area is 122 Å². The van der Waals surface area contributed by atoms with Crippen molar-refractivity contribution in [2.45, 2.75) is 6.92 Å². The molecule has 0 spiro atoms. The van der Waals surface area contributed by atoms with Gasteiger partial charge >= 0.3 is 5.97 Å². The van der Waals surface area contributed by atoms with Crippen LogP contribution in [0.25, 0.3) is 0 Å². The maximum Gasteiger partial charge on any atom is 0.337 e. The summed E-state index contributed by atoms with van der Waals surface area (Å²) < 4.78 is 5.69. The number of ether oxygens (including phenoxy) is 1. The van der Waals surface area contributed by atoms with Crippen LogP contribution in [-0.2, 0) is 4.74 Å². The Bertz CT molecular complexity index is 457. The molecule has 0 saturated carbocycles. The summed E-state index contributed by atoms with van der Waals surface area (Å²) in [5.74, 6) is -0.297. The molecule has 4 nitrogen and oxygen atoms in total. The van der Waals surface area contributed by atoms with Crippen LogP contribution in [0.5, 0.6) is 0 Å². The highest BCUT2D eigenvalue weighted by atomic mass is 79.9. The van der Waals surface area contributed by atoms with E-state index in [4.69, 9.17) is 4.74 Å². The van der Waals surface area contributed by atoms with Crippen molar-refractivity contribution in [3.63, 3.8) is 0 Å². The minimum absolute atomic E-state index is 0.297. The minimum atomic E-state index is -0.297. The van der Waals surface area contributed by atoms with Gasteiger partial charge in [-0.15, -0.1) is 0 Å². The average Bonchev–Trinajstić information content (AvgIpc) is 2.45. The largest absolute Gasteiger partial charge is 0.465 e. The Balaban J connectivity index is 2.16. The van der Waals surface area contributed by atoms with Crippen molar-refractivity contribution in [3.05, 3.63) is 28.2 Å². The van der Waals surface area contributed by atoms with Gasteiger partial charge in [0.15, 0.2) is 0 Å². The zero-order chi connectivity index (χ0) is 13.8. The van der Waals surface area contributed by atoms with Gasteiger partial charge in [0.2, 0.25) is 0 Å². The molecule has 19 heavy (non-hydrogen) atoms. The number of methoxy groups -OCH3 is 1. The van der Waals surface area contributed by atoms with Gasteiger partial charge in [-0.3, -0.25) is 0 Å². The molecule has 1 aliphatic rings. The predicted molar refractivity (Wildman–Crippen MR) is 79.8 cm³/mol. The lowest BCUT2D eigenvalue weighted by molar-refractivity contribution is 0.0600. The fraction of sp³-hybridized carbons (Fsp3) is 0.500. The first-order valence-electron chi connectivity index (χ1n) is 6.50. The van der Waals surface area contributed by atoms with Gasteiger partial charge in [-0.05, 0) is 24.7 Å². The molecule has 1 aliphatic heterocycles. The first kappa shape index (κ1) is 14.3. The topological polar surface area (TPSA) is 32.8 Å². The van der Waals surface area contributed by atoms with E-state index in [9.17, 15) is 4.79 Å². The second-order valence-electron chi connectivity index (χ2n) is 4.61. The molecule has 1 aromatic carbocycles. The molecule has 0 radical (unpaired) electrons. The standard InChI is InChI=1S/C14H19BrN2O2/c1-3-16-4-6-17(7-5-16)13-9-11(14(18)19-2)8-12(15)10-13/h8-10H,3-7H2,1-2H3. The number of esters is 1. The Hall–Kier alpha value is -1.07. The fourth-order valence-electron chi connectivity index (χ4n) is 2.31. The maximum absolute atomic E-state index is 11.6. The van der Waals surface area contributed by atoms with Crippen LogP contribution >= 0.6 is 15.9 Å². The first-order valence-corrected chi connectivity index (χ1v) is 7.29. The highest BCUT2D eigenvalue weighted by molar-refractivity contribution is 9.10. The van der Waals surface area contributed by atoms with Crippen LogP contribution in [0.4, 0.5) is 5.69 Å². The summed E-state index contributed by atoms with van der Waals surface area (Å²) in [6.07, 6.45) is 0. The van der Waals surface area contributed by atoms with Gasteiger partial charge in [-0.25, -0.2) is 4.79 Å². The van der Waals surface area contributed by atoms with Gasteiger partial charge in [0.25, 0.3) is 0 Å². The molecule has 104 valence electrons. The molecule has 0 aliphatic carbocycles. The van der Waals surface area contributed by atoms with Crippen molar-refractivity contribution in [2.75, 3.05) is 44.7 Å². The highest BCUT2D eigenvalue weighted by Crippen LogP contribution is 2.24. The zero-order valence-corrected chi connectivity index (χ0v) is 12.9. The third kappa shape index (κ3) is 3.48. The number of hydrogen-bond acceptors (Lipinski definition) is 4. The molecule has 0 N–H and O–H groups in total. The summed E-state index contributed by atoms with van der Waals surface area (Å²) in [5, 5.41) is 0. The maximum atomic E-state index is 11.6. The molecule has 1 fully saturated rings. The molecule has 0 unspecified atom stereocenters. The van der Waals surface area contributed by atoms with Gasteiger partial charge < -0.3 is 14.5 Å². The summed E-state index contributed by atoms with van der Waals surface area (Å²) in [5.41, 5.74) is 1.66. The third-order valence-corrected chi connectivity index (χ3v) is 3.95. The molecule has 0 atom stereocenters. The summed E-state index contributed by atoms with van der Waals surface area (Å²) in [6, 6.07) is 5.74. The Kier molecular flexibility index (Phi) is 4.82. The summed E-state index contributed by atoms with van der Waals surface area (Å²) in [7, 11) is 1.41. The quantitative estimate of drug-likeness (QED) is 0.798. The summed E-state index contributed by atoms with van der Waals surface area (Å²) >= 11 is 3.46. The predicted octanol–water partition coefficient (Wildman–Crippen LogP) is 2.38. The normalized spacial score (nSPS) is 16.5. The van der Waals surface area contributed by atoms with E-state index in [0.29, 0.717) is 5.56 Å². The van der Waals surface area contributed by atoms with E-state index in [-0.39, 0.29) is 5.97 Å². The first-order chi connectivity index (χ1) is 9.13. The lowest BCUT2D eigenvalue weighted by Gasteiger charge is -2.35. The van der Waals surface area contributed by atoms with E-state index in [1.54, 1.807) is 6.07 Å².